The number of carbonyl (C=O) groups excluding carboxylic acids is 2. The van der Waals surface area contributed by atoms with E-state index >= 15 is 0 Å². The van der Waals surface area contributed by atoms with Crippen LogP contribution < -0.4 is 16.0 Å². The highest BCUT2D eigenvalue weighted by Gasteiger charge is 2.44. The molecule has 2 fully saturated rings. The number of fused-ring (bicyclic) bond motifs is 1. The molecule has 8 heteroatoms. The van der Waals surface area contributed by atoms with Gasteiger partial charge in [-0.3, -0.25) is 19.8 Å². The SMILES string of the molecule is CC(C)CCNC(=O)C1CCN(C2NC(=O)C3SC=C(c4ccccc4F)C3N2)CC1. The first-order chi connectivity index (χ1) is 14.9. The monoisotopic (exact) mass is 446 g/mol. The zero-order chi connectivity index (χ0) is 22.0. The van der Waals surface area contributed by atoms with E-state index < -0.39 is 0 Å². The summed E-state index contributed by atoms with van der Waals surface area (Å²) in [6.07, 6.45) is 2.20. The van der Waals surface area contributed by atoms with Crippen molar-refractivity contribution in [2.75, 3.05) is 19.6 Å². The summed E-state index contributed by atoms with van der Waals surface area (Å²) in [6.45, 7) is 6.47. The highest BCUT2D eigenvalue weighted by molar-refractivity contribution is 8.04. The van der Waals surface area contributed by atoms with Crippen LogP contribution in [0.5, 0.6) is 0 Å². The van der Waals surface area contributed by atoms with Crippen LogP contribution in [0.4, 0.5) is 4.39 Å². The summed E-state index contributed by atoms with van der Waals surface area (Å²) in [4.78, 5) is 27.4. The molecule has 1 aromatic rings. The number of thioether (sulfide) groups is 1. The Bertz CT molecular complexity index is 854. The Kier molecular flexibility index (Phi) is 6.99. The van der Waals surface area contributed by atoms with Crippen LogP contribution in [0, 0.1) is 17.7 Å². The minimum atomic E-state index is -0.312. The zero-order valence-corrected chi connectivity index (χ0v) is 18.9. The zero-order valence-electron chi connectivity index (χ0n) is 18.1. The summed E-state index contributed by atoms with van der Waals surface area (Å²) in [5, 5.41) is 11.2. The van der Waals surface area contributed by atoms with Crippen molar-refractivity contribution in [3.63, 3.8) is 0 Å². The number of carbonyl (C=O) groups is 2. The van der Waals surface area contributed by atoms with E-state index in [1.807, 2.05) is 11.5 Å². The first kappa shape index (κ1) is 22.3. The van der Waals surface area contributed by atoms with Crippen LogP contribution in [0.25, 0.3) is 5.57 Å². The molecule has 3 aliphatic rings. The average Bonchev–Trinajstić information content (AvgIpc) is 3.18. The number of hydrogen-bond acceptors (Lipinski definition) is 5. The fourth-order valence-electron chi connectivity index (χ4n) is 4.45. The largest absolute Gasteiger partial charge is 0.356 e. The molecule has 3 unspecified atom stereocenters. The Hall–Kier alpha value is -1.90. The third-order valence-corrected chi connectivity index (χ3v) is 7.49. The van der Waals surface area contributed by atoms with Crippen LogP contribution in [0.3, 0.4) is 0 Å². The number of nitrogens with zero attached hydrogens (tertiary/aromatic N) is 1. The predicted molar refractivity (Wildman–Crippen MR) is 121 cm³/mol. The van der Waals surface area contributed by atoms with E-state index in [4.69, 9.17) is 0 Å². The van der Waals surface area contributed by atoms with Crippen LogP contribution in [-0.4, -0.2) is 53.9 Å². The second-order valence-corrected chi connectivity index (χ2v) is 9.96. The van der Waals surface area contributed by atoms with Crippen molar-refractivity contribution in [3.05, 3.63) is 41.1 Å². The van der Waals surface area contributed by atoms with Crippen molar-refractivity contribution >= 4 is 29.1 Å². The van der Waals surface area contributed by atoms with E-state index in [0.29, 0.717) is 11.5 Å². The maximum absolute atomic E-state index is 14.4. The van der Waals surface area contributed by atoms with Gasteiger partial charge in [0.1, 0.15) is 17.4 Å². The number of amides is 2. The predicted octanol–water partition coefficient (Wildman–Crippen LogP) is 2.53. The van der Waals surface area contributed by atoms with E-state index in [0.717, 1.165) is 44.5 Å². The molecule has 1 aromatic carbocycles. The Morgan fingerprint density at radius 2 is 2.03 bits per heavy atom. The average molecular weight is 447 g/mol. The Labute approximate surface area is 187 Å². The van der Waals surface area contributed by atoms with Gasteiger partial charge in [-0.1, -0.05) is 32.0 Å². The van der Waals surface area contributed by atoms with Gasteiger partial charge in [0.25, 0.3) is 0 Å². The minimum absolute atomic E-state index is 0.0198. The molecule has 0 bridgehead atoms. The lowest BCUT2D eigenvalue weighted by Crippen LogP contribution is -2.68. The normalized spacial score (nSPS) is 27.0. The lowest BCUT2D eigenvalue weighted by molar-refractivity contribution is -0.129. The molecule has 0 radical (unpaired) electrons. The van der Waals surface area contributed by atoms with Crippen LogP contribution in [-0.2, 0) is 9.59 Å². The number of piperidine rings is 1. The first-order valence-electron chi connectivity index (χ1n) is 11.1. The number of benzene rings is 1. The lowest BCUT2D eigenvalue weighted by Gasteiger charge is -2.43. The van der Waals surface area contributed by atoms with E-state index in [1.54, 1.807) is 12.1 Å². The number of likely N-dealkylation sites (tertiary alicyclic amines) is 1. The topological polar surface area (TPSA) is 73.5 Å². The Balaban J connectivity index is 1.35. The highest BCUT2D eigenvalue weighted by Crippen LogP contribution is 2.39. The molecular formula is C23H31FN4O2S. The second kappa shape index (κ2) is 9.71. The van der Waals surface area contributed by atoms with Gasteiger partial charge in [0.2, 0.25) is 11.8 Å². The fourth-order valence-corrected chi connectivity index (χ4v) is 5.59. The van der Waals surface area contributed by atoms with Crippen LogP contribution in [0.1, 0.15) is 38.7 Å². The van der Waals surface area contributed by atoms with Gasteiger partial charge < -0.3 is 10.6 Å². The Morgan fingerprint density at radius 1 is 1.29 bits per heavy atom. The lowest BCUT2D eigenvalue weighted by atomic mass is 9.94. The van der Waals surface area contributed by atoms with E-state index in [2.05, 4.69) is 34.7 Å². The van der Waals surface area contributed by atoms with Crippen LogP contribution in [0.2, 0.25) is 0 Å². The third kappa shape index (κ3) is 4.96. The molecule has 3 aliphatic heterocycles. The molecule has 3 atom stereocenters. The summed E-state index contributed by atoms with van der Waals surface area (Å²) >= 11 is 1.43. The molecule has 4 rings (SSSR count). The van der Waals surface area contributed by atoms with E-state index in [9.17, 15) is 14.0 Å². The molecule has 3 heterocycles. The third-order valence-electron chi connectivity index (χ3n) is 6.33. The van der Waals surface area contributed by atoms with Crippen molar-refractivity contribution in [3.8, 4) is 0 Å². The van der Waals surface area contributed by atoms with E-state index in [1.165, 1.54) is 17.8 Å². The number of halogens is 1. The van der Waals surface area contributed by atoms with Gasteiger partial charge in [-0.05, 0) is 42.2 Å². The Morgan fingerprint density at radius 3 is 2.74 bits per heavy atom. The van der Waals surface area contributed by atoms with E-state index in [-0.39, 0.29) is 41.1 Å². The molecule has 168 valence electrons. The molecule has 6 nitrogen and oxygen atoms in total. The maximum atomic E-state index is 14.4. The van der Waals surface area contributed by atoms with Gasteiger partial charge in [0.05, 0.1) is 6.04 Å². The number of rotatable bonds is 6. The number of nitrogens with one attached hydrogen (secondary N) is 3. The molecule has 0 aliphatic carbocycles. The molecule has 0 saturated carbocycles. The van der Waals surface area contributed by atoms with Crippen molar-refractivity contribution in [2.24, 2.45) is 11.8 Å². The maximum Gasteiger partial charge on any atom is 0.237 e. The summed E-state index contributed by atoms with van der Waals surface area (Å²) in [5.41, 5.74) is 1.37. The van der Waals surface area contributed by atoms with Gasteiger partial charge in [-0.25, -0.2) is 4.39 Å². The minimum Gasteiger partial charge on any atom is -0.356 e. The fraction of sp³-hybridized carbons (Fsp3) is 0.565. The van der Waals surface area contributed by atoms with Gasteiger partial charge >= 0.3 is 0 Å². The quantitative estimate of drug-likeness (QED) is 0.626. The van der Waals surface area contributed by atoms with Gasteiger partial charge in [0.15, 0.2) is 0 Å². The summed E-state index contributed by atoms with van der Waals surface area (Å²) in [5.74, 6) is 0.423. The second-order valence-electron chi connectivity index (χ2n) is 8.95. The molecule has 31 heavy (non-hydrogen) atoms. The van der Waals surface area contributed by atoms with Crippen molar-refractivity contribution in [1.82, 2.24) is 20.9 Å². The standard InChI is InChI=1S/C23H31FN4O2S/c1-14(2)7-10-25-21(29)15-8-11-28(12-9-15)23-26-19-17(13-31-20(19)22(30)27-23)16-5-3-4-6-18(16)24/h3-6,13-15,19-20,23,26H,7-12H2,1-2H3,(H,25,29)(H,27,30). The van der Waals surface area contributed by atoms with Crippen LogP contribution >= 0.6 is 11.8 Å². The molecule has 2 amide bonds. The van der Waals surface area contributed by atoms with Crippen molar-refractivity contribution in [1.29, 1.82) is 0 Å². The van der Waals surface area contributed by atoms with Crippen molar-refractivity contribution in [2.45, 2.75) is 50.7 Å². The summed E-state index contributed by atoms with van der Waals surface area (Å²) < 4.78 is 14.4. The highest BCUT2D eigenvalue weighted by atomic mass is 32.2. The van der Waals surface area contributed by atoms with Gasteiger partial charge in [0, 0.05) is 31.1 Å². The first-order valence-corrected chi connectivity index (χ1v) is 12.1. The van der Waals surface area contributed by atoms with Crippen molar-refractivity contribution < 1.29 is 14.0 Å². The molecule has 3 N–H and O–H groups in total. The molecule has 0 spiro atoms. The number of hydrogen-bond donors (Lipinski definition) is 3. The summed E-state index contributed by atoms with van der Waals surface area (Å²) in [7, 11) is 0. The molecule has 2 saturated heterocycles. The smallest absolute Gasteiger partial charge is 0.237 e. The van der Waals surface area contributed by atoms with Gasteiger partial charge in [-0.15, -0.1) is 11.8 Å². The van der Waals surface area contributed by atoms with Crippen LogP contribution in [0.15, 0.2) is 29.7 Å². The van der Waals surface area contributed by atoms with Gasteiger partial charge in [-0.2, -0.15) is 0 Å². The molecular weight excluding hydrogens is 415 g/mol. The summed E-state index contributed by atoms with van der Waals surface area (Å²) in [6, 6.07) is 6.46. The molecule has 0 aromatic heterocycles.